The van der Waals surface area contributed by atoms with Gasteiger partial charge in [0, 0.05) is 17.1 Å². The molecule has 0 amide bonds. The molecule has 0 bridgehead atoms. The second-order valence-electron chi connectivity index (χ2n) is 4.95. The summed E-state index contributed by atoms with van der Waals surface area (Å²) in [5.74, 6) is 0.887. The van der Waals surface area contributed by atoms with Crippen LogP contribution in [0.5, 0.6) is 5.75 Å². The molecule has 0 heterocycles. The molecule has 2 aromatic rings. The lowest BCUT2D eigenvalue weighted by Crippen LogP contribution is -2.13. The molecule has 0 aliphatic carbocycles. The van der Waals surface area contributed by atoms with Gasteiger partial charge in [-0.25, -0.2) is 0 Å². The lowest BCUT2D eigenvalue weighted by molar-refractivity contribution is 0.340. The standard InChI is InChI=1S/C18H22ClNO/c1-3-11-20-13-14-5-10-17(18(19)12-14)15-6-8-16(9-7-15)21-4-2/h5-10,12,20H,3-4,11,13H2,1-2H3. The van der Waals surface area contributed by atoms with Gasteiger partial charge in [-0.1, -0.05) is 42.8 Å². The van der Waals surface area contributed by atoms with Crippen molar-refractivity contribution in [3.8, 4) is 16.9 Å². The number of hydrogen-bond acceptors (Lipinski definition) is 2. The van der Waals surface area contributed by atoms with Crippen molar-refractivity contribution in [2.45, 2.75) is 26.8 Å². The monoisotopic (exact) mass is 303 g/mol. The van der Waals surface area contributed by atoms with Gasteiger partial charge in [-0.3, -0.25) is 0 Å². The van der Waals surface area contributed by atoms with E-state index in [1.807, 2.05) is 37.3 Å². The Labute approximate surface area is 132 Å². The van der Waals surface area contributed by atoms with E-state index in [0.29, 0.717) is 6.61 Å². The summed E-state index contributed by atoms with van der Waals surface area (Å²) in [5, 5.41) is 4.17. The predicted molar refractivity (Wildman–Crippen MR) is 90.1 cm³/mol. The predicted octanol–water partition coefficient (Wildman–Crippen LogP) is 4.91. The number of rotatable bonds is 7. The van der Waals surface area contributed by atoms with E-state index in [1.54, 1.807) is 0 Å². The molecular weight excluding hydrogens is 282 g/mol. The van der Waals surface area contributed by atoms with Crippen molar-refractivity contribution in [1.82, 2.24) is 5.32 Å². The minimum absolute atomic E-state index is 0.680. The molecule has 0 aromatic heterocycles. The first-order chi connectivity index (χ1) is 10.2. The van der Waals surface area contributed by atoms with Crippen molar-refractivity contribution in [1.29, 1.82) is 0 Å². The Morgan fingerprint density at radius 1 is 1.05 bits per heavy atom. The molecule has 21 heavy (non-hydrogen) atoms. The number of ether oxygens (including phenoxy) is 1. The van der Waals surface area contributed by atoms with Crippen LogP contribution in [0, 0.1) is 0 Å². The molecule has 0 unspecified atom stereocenters. The van der Waals surface area contributed by atoms with Crippen LogP contribution in [0.3, 0.4) is 0 Å². The van der Waals surface area contributed by atoms with Crippen LogP contribution in [-0.4, -0.2) is 13.2 Å². The normalized spacial score (nSPS) is 10.6. The summed E-state index contributed by atoms with van der Waals surface area (Å²) in [5.41, 5.74) is 3.37. The fourth-order valence-corrected chi connectivity index (χ4v) is 2.52. The van der Waals surface area contributed by atoms with E-state index in [9.17, 15) is 0 Å². The molecule has 112 valence electrons. The van der Waals surface area contributed by atoms with Crippen molar-refractivity contribution in [3.63, 3.8) is 0 Å². The van der Waals surface area contributed by atoms with Gasteiger partial charge in [0.15, 0.2) is 0 Å². The van der Waals surface area contributed by atoms with Gasteiger partial charge in [-0.05, 0) is 49.2 Å². The SMILES string of the molecule is CCCNCc1ccc(-c2ccc(OCC)cc2)c(Cl)c1. The fraction of sp³-hybridized carbons (Fsp3) is 0.333. The van der Waals surface area contributed by atoms with E-state index >= 15 is 0 Å². The van der Waals surface area contributed by atoms with Crippen LogP contribution in [0.25, 0.3) is 11.1 Å². The third kappa shape index (κ3) is 4.48. The molecule has 2 nitrogen and oxygen atoms in total. The summed E-state index contributed by atoms with van der Waals surface area (Å²) in [6.45, 7) is 6.71. The molecule has 0 aliphatic heterocycles. The molecule has 0 radical (unpaired) electrons. The first kappa shape index (κ1) is 15.9. The van der Waals surface area contributed by atoms with Crippen LogP contribution >= 0.6 is 11.6 Å². The lowest BCUT2D eigenvalue weighted by atomic mass is 10.0. The van der Waals surface area contributed by atoms with E-state index in [4.69, 9.17) is 16.3 Å². The lowest BCUT2D eigenvalue weighted by Gasteiger charge is -2.09. The summed E-state index contributed by atoms with van der Waals surface area (Å²) in [6.07, 6.45) is 1.14. The Kier molecular flexibility index (Phi) is 6.09. The van der Waals surface area contributed by atoms with Crippen LogP contribution in [0.15, 0.2) is 42.5 Å². The second kappa shape index (κ2) is 8.06. The molecule has 0 saturated heterocycles. The average molecular weight is 304 g/mol. The Balaban J connectivity index is 2.12. The molecule has 1 N–H and O–H groups in total. The molecule has 0 atom stereocenters. The maximum Gasteiger partial charge on any atom is 0.119 e. The second-order valence-corrected chi connectivity index (χ2v) is 5.36. The number of halogens is 1. The van der Waals surface area contributed by atoms with Crippen molar-refractivity contribution >= 4 is 11.6 Å². The van der Waals surface area contributed by atoms with Gasteiger partial charge in [0.2, 0.25) is 0 Å². The number of hydrogen-bond donors (Lipinski definition) is 1. The fourth-order valence-electron chi connectivity index (χ4n) is 2.21. The number of benzene rings is 2. The van der Waals surface area contributed by atoms with Crippen LogP contribution in [0.1, 0.15) is 25.8 Å². The average Bonchev–Trinajstić information content (AvgIpc) is 2.49. The highest BCUT2D eigenvalue weighted by Crippen LogP contribution is 2.30. The van der Waals surface area contributed by atoms with Crippen molar-refractivity contribution < 1.29 is 4.74 Å². The van der Waals surface area contributed by atoms with Gasteiger partial charge in [0.1, 0.15) is 5.75 Å². The topological polar surface area (TPSA) is 21.3 Å². The highest BCUT2D eigenvalue weighted by Gasteiger charge is 2.05. The summed E-state index contributed by atoms with van der Waals surface area (Å²) in [6, 6.07) is 14.3. The summed E-state index contributed by atoms with van der Waals surface area (Å²) >= 11 is 6.42. The van der Waals surface area contributed by atoms with E-state index in [2.05, 4.69) is 24.4 Å². The Morgan fingerprint density at radius 2 is 1.81 bits per heavy atom. The van der Waals surface area contributed by atoms with E-state index in [-0.39, 0.29) is 0 Å². The molecule has 2 aromatic carbocycles. The zero-order chi connectivity index (χ0) is 15.1. The molecular formula is C18H22ClNO. The van der Waals surface area contributed by atoms with Gasteiger partial charge in [-0.2, -0.15) is 0 Å². The summed E-state index contributed by atoms with van der Waals surface area (Å²) in [7, 11) is 0. The maximum absolute atomic E-state index is 6.42. The Hall–Kier alpha value is -1.51. The summed E-state index contributed by atoms with van der Waals surface area (Å²) in [4.78, 5) is 0. The highest BCUT2D eigenvalue weighted by molar-refractivity contribution is 6.33. The van der Waals surface area contributed by atoms with Gasteiger partial charge >= 0.3 is 0 Å². The highest BCUT2D eigenvalue weighted by atomic mass is 35.5. The van der Waals surface area contributed by atoms with Gasteiger partial charge in [0.05, 0.1) is 6.61 Å². The molecule has 0 aliphatic rings. The van der Waals surface area contributed by atoms with Gasteiger partial charge < -0.3 is 10.1 Å². The van der Waals surface area contributed by atoms with Crippen LogP contribution in [0.2, 0.25) is 5.02 Å². The zero-order valence-electron chi connectivity index (χ0n) is 12.7. The minimum atomic E-state index is 0.680. The van der Waals surface area contributed by atoms with Crippen LogP contribution < -0.4 is 10.1 Å². The number of nitrogens with one attached hydrogen (secondary N) is 1. The molecule has 0 spiro atoms. The van der Waals surface area contributed by atoms with Crippen molar-refractivity contribution in [2.75, 3.05) is 13.2 Å². The molecule has 0 fully saturated rings. The van der Waals surface area contributed by atoms with Crippen molar-refractivity contribution in [3.05, 3.63) is 53.1 Å². The quantitative estimate of drug-likeness (QED) is 0.734. The van der Waals surface area contributed by atoms with E-state index in [0.717, 1.165) is 41.4 Å². The first-order valence-electron chi connectivity index (χ1n) is 7.47. The Bertz CT molecular complexity index is 566. The maximum atomic E-state index is 6.42. The largest absolute Gasteiger partial charge is 0.494 e. The smallest absolute Gasteiger partial charge is 0.119 e. The Morgan fingerprint density at radius 3 is 2.43 bits per heavy atom. The van der Waals surface area contributed by atoms with Crippen LogP contribution in [0.4, 0.5) is 0 Å². The van der Waals surface area contributed by atoms with E-state index in [1.165, 1.54) is 5.56 Å². The van der Waals surface area contributed by atoms with Crippen LogP contribution in [-0.2, 0) is 6.54 Å². The van der Waals surface area contributed by atoms with Gasteiger partial charge in [0.25, 0.3) is 0 Å². The molecule has 2 rings (SSSR count). The third-order valence-electron chi connectivity index (χ3n) is 3.27. The summed E-state index contributed by atoms with van der Waals surface area (Å²) < 4.78 is 5.46. The third-order valence-corrected chi connectivity index (χ3v) is 3.58. The van der Waals surface area contributed by atoms with E-state index < -0.39 is 0 Å². The molecule has 3 heteroatoms. The first-order valence-corrected chi connectivity index (χ1v) is 7.84. The molecule has 0 saturated carbocycles. The minimum Gasteiger partial charge on any atom is -0.494 e. The van der Waals surface area contributed by atoms with Crippen molar-refractivity contribution in [2.24, 2.45) is 0 Å². The van der Waals surface area contributed by atoms with Gasteiger partial charge in [-0.15, -0.1) is 0 Å². The zero-order valence-corrected chi connectivity index (χ0v) is 13.4.